The zero-order chi connectivity index (χ0) is 17.9. The van der Waals surface area contributed by atoms with Gasteiger partial charge in [-0.2, -0.15) is 13.2 Å². The van der Waals surface area contributed by atoms with E-state index in [4.69, 9.17) is 0 Å². The number of hydrogen-bond acceptors (Lipinski definition) is 2. The average Bonchev–Trinajstić information content (AvgIpc) is 2.62. The Labute approximate surface area is 146 Å². The first-order valence-corrected chi connectivity index (χ1v) is 9.11. The van der Waals surface area contributed by atoms with Gasteiger partial charge in [-0.3, -0.25) is 4.79 Å². The highest BCUT2D eigenvalue weighted by Gasteiger charge is 2.43. The van der Waals surface area contributed by atoms with E-state index in [0.29, 0.717) is 18.4 Å². The fourth-order valence-electron chi connectivity index (χ4n) is 4.09. The Morgan fingerprint density at radius 3 is 2.44 bits per heavy atom. The largest absolute Gasteiger partial charge is 0.416 e. The Morgan fingerprint density at radius 2 is 1.80 bits per heavy atom. The average molecular weight is 354 g/mol. The molecular weight excluding hydrogens is 329 g/mol. The third-order valence-electron chi connectivity index (χ3n) is 5.56. The van der Waals surface area contributed by atoms with Gasteiger partial charge in [0.25, 0.3) is 0 Å². The van der Waals surface area contributed by atoms with Crippen molar-refractivity contribution in [2.24, 2.45) is 0 Å². The molecule has 138 valence electrons. The monoisotopic (exact) mass is 354 g/mol. The normalized spacial score (nSPS) is 21.7. The maximum atomic E-state index is 13.1. The summed E-state index contributed by atoms with van der Waals surface area (Å²) in [5, 5.41) is 6.38. The van der Waals surface area contributed by atoms with Crippen LogP contribution < -0.4 is 10.6 Å². The minimum absolute atomic E-state index is 0.0987. The lowest BCUT2D eigenvalue weighted by Crippen LogP contribution is -2.51. The standard InChI is InChI=1S/C19H25F3N2O/c20-19(21,22)15-6-4-5-14(13-15)18(9-2-1-3-10-18)17(25)24-16-7-11-23-12-8-16/h4-6,13,16,23H,1-3,7-12H2,(H,24,25). The summed E-state index contributed by atoms with van der Waals surface area (Å²) < 4.78 is 39.4. The van der Waals surface area contributed by atoms with Crippen molar-refractivity contribution in [3.63, 3.8) is 0 Å². The predicted molar refractivity (Wildman–Crippen MR) is 90.2 cm³/mol. The Balaban J connectivity index is 1.89. The van der Waals surface area contributed by atoms with Crippen LogP contribution in [0.25, 0.3) is 0 Å². The number of hydrogen-bond donors (Lipinski definition) is 2. The minimum atomic E-state index is -4.39. The highest BCUT2D eigenvalue weighted by Crippen LogP contribution is 2.41. The van der Waals surface area contributed by atoms with Crippen LogP contribution >= 0.6 is 0 Å². The summed E-state index contributed by atoms with van der Waals surface area (Å²) in [4.78, 5) is 13.1. The van der Waals surface area contributed by atoms with Crippen molar-refractivity contribution < 1.29 is 18.0 Å². The van der Waals surface area contributed by atoms with Crippen LogP contribution in [0.4, 0.5) is 13.2 Å². The highest BCUT2D eigenvalue weighted by molar-refractivity contribution is 5.88. The molecule has 1 saturated heterocycles. The highest BCUT2D eigenvalue weighted by atomic mass is 19.4. The van der Waals surface area contributed by atoms with E-state index in [1.807, 2.05) is 0 Å². The van der Waals surface area contributed by atoms with E-state index in [1.165, 1.54) is 12.1 Å². The fourth-order valence-corrected chi connectivity index (χ4v) is 4.09. The summed E-state index contributed by atoms with van der Waals surface area (Å²) in [6.07, 6.45) is 1.34. The van der Waals surface area contributed by atoms with Gasteiger partial charge in [-0.25, -0.2) is 0 Å². The van der Waals surface area contributed by atoms with Crippen molar-refractivity contribution in [1.82, 2.24) is 10.6 Å². The summed E-state index contributed by atoms with van der Waals surface area (Å²) in [5.41, 5.74) is -0.997. The van der Waals surface area contributed by atoms with Crippen LogP contribution in [0.5, 0.6) is 0 Å². The number of alkyl halides is 3. The number of carbonyl (C=O) groups is 1. The molecule has 2 fully saturated rings. The van der Waals surface area contributed by atoms with E-state index < -0.39 is 17.2 Å². The van der Waals surface area contributed by atoms with Gasteiger partial charge in [-0.15, -0.1) is 0 Å². The summed E-state index contributed by atoms with van der Waals surface area (Å²) in [7, 11) is 0. The quantitative estimate of drug-likeness (QED) is 0.867. The molecule has 1 aromatic carbocycles. The van der Waals surface area contributed by atoms with Crippen LogP contribution in [-0.4, -0.2) is 25.0 Å². The van der Waals surface area contributed by atoms with Crippen molar-refractivity contribution >= 4 is 5.91 Å². The number of amides is 1. The first-order chi connectivity index (χ1) is 11.9. The summed E-state index contributed by atoms with van der Waals surface area (Å²) in [6.45, 7) is 1.73. The summed E-state index contributed by atoms with van der Waals surface area (Å²) in [5.74, 6) is -0.0987. The van der Waals surface area contributed by atoms with Crippen LogP contribution in [0.15, 0.2) is 24.3 Å². The predicted octanol–water partition coefficient (Wildman–Crippen LogP) is 3.78. The molecule has 0 radical (unpaired) electrons. The number of piperidine rings is 1. The molecule has 1 aromatic rings. The van der Waals surface area contributed by atoms with Crippen molar-refractivity contribution in [3.8, 4) is 0 Å². The van der Waals surface area contributed by atoms with Gasteiger partial charge < -0.3 is 10.6 Å². The molecule has 3 rings (SSSR count). The fraction of sp³-hybridized carbons (Fsp3) is 0.632. The lowest BCUT2D eigenvalue weighted by molar-refractivity contribution is -0.138. The van der Waals surface area contributed by atoms with Gasteiger partial charge >= 0.3 is 6.18 Å². The van der Waals surface area contributed by atoms with E-state index in [1.54, 1.807) is 6.07 Å². The lowest BCUT2D eigenvalue weighted by Gasteiger charge is -2.38. The van der Waals surface area contributed by atoms with E-state index in [9.17, 15) is 18.0 Å². The SMILES string of the molecule is O=C(NC1CCNCC1)C1(c2cccc(C(F)(F)F)c2)CCCCC1. The van der Waals surface area contributed by atoms with Crippen molar-refractivity contribution in [2.75, 3.05) is 13.1 Å². The van der Waals surface area contributed by atoms with Crippen LogP contribution in [0.1, 0.15) is 56.1 Å². The first kappa shape index (κ1) is 18.2. The second kappa shape index (κ2) is 7.36. The Kier molecular flexibility index (Phi) is 5.37. The molecule has 0 spiro atoms. The number of benzene rings is 1. The van der Waals surface area contributed by atoms with Crippen LogP contribution in [-0.2, 0) is 16.4 Å². The second-order valence-corrected chi connectivity index (χ2v) is 7.22. The molecular formula is C19H25F3N2O. The number of nitrogens with one attached hydrogen (secondary N) is 2. The minimum Gasteiger partial charge on any atom is -0.353 e. The molecule has 25 heavy (non-hydrogen) atoms. The van der Waals surface area contributed by atoms with E-state index in [0.717, 1.165) is 51.3 Å². The molecule has 6 heteroatoms. The summed E-state index contributed by atoms with van der Waals surface area (Å²) in [6, 6.07) is 5.46. The van der Waals surface area contributed by atoms with Crippen molar-refractivity contribution in [2.45, 2.75) is 62.6 Å². The lowest BCUT2D eigenvalue weighted by atomic mass is 9.68. The first-order valence-electron chi connectivity index (χ1n) is 9.11. The van der Waals surface area contributed by atoms with Crippen LogP contribution in [0.3, 0.4) is 0 Å². The van der Waals surface area contributed by atoms with Crippen molar-refractivity contribution in [1.29, 1.82) is 0 Å². The van der Waals surface area contributed by atoms with Crippen molar-refractivity contribution in [3.05, 3.63) is 35.4 Å². The molecule has 0 bridgehead atoms. The molecule has 1 aliphatic heterocycles. The smallest absolute Gasteiger partial charge is 0.353 e. The maximum absolute atomic E-state index is 13.1. The van der Waals surface area contributed by atoms with Gasteiger partial charge in [0.2, 0.25) is 5.91 Å². The third-order valence-corrected chi connectivity index (χ3v) is 5.56. The number of carbonyl (C=O) groups excluding carboxylic acids is 1. The molecule has 0 atom stereocenters. The van der Waals surface area contributed by atoms with E-state index in [-0.39, 0.29) is 11.9 Å². The Bertz CT molecular complexity index is 603. The van der Waals surface area contributed by atoms with Gasteiger partial charge in [0, 0.05) is 6.04 Å². The van der Waals surface area contributed by atoms with Crippen LogP contribution in [0, 0.1) is 0 Å². The molecule has 1 saturated carbocycles. The van der Waals surface area contributed by atoms with Crippen LogP contribution in [0.2, 0.25) is 0 Å². The topological polar surface area (TPSA) is 41.1 Å². The van der Waals surface area contributed by atoms with Gasteiger partial charge in [-0.1, -0.05) is 37.5 Å². The maximum Gasteiger partial charge on any atom is 0.416 e. The molecule has 0 aromatic heterocycles. The second-order valence-electron chi connectivity index (χ2n) is 7.22. The van der Waals surface area contributed by atoms with E-state index >= 15 is 0 Å². The van der Waals surface area contributed by atoms with Gasteiger partial charge in [0.1, 0.15) is 0 Å². The Hall–Kier alpha value is -1.56. The third kappa shape index (κ3) is 4.00. The molecule has 1 aliphatic carbocycles. The molecule has 1 amide bonds. The Morgan fingerprint density at radius 1 is 1.12 bits per heavy atom. The van der Waals surface area contributed by atoms with Gasteiger partial charge in [0.05, 0.1) is 11.0 Å². The molecule has 2 N–H and O–H groups in total. The van der Waals surface area contributed by atoms with Gasteiger partial charge in [0.15, 0.2) is 0 Å². The number of rotatable bonds is 3. The number of halogens is 3. The zero-order valence-corrected chi connectivity index (χ0v) is 14.3. The molecule has 3 nitrogen and oxygen atoms in total. The van der Waals surface area contributed by atoms with Gasteiger partial charge in [-0.05, 0) is 50.4 Å². The molecule has 0 unspecified atom stereocenters. The zero-order valence-electron chi connectivity index (χ0n) is 14.3. The molecule has 2 aliphatic rings. The molecule has 1 heterocycles. The summed E-state index contributed by atoms with van der Waals surface area (Å²) >= 11 is 0. The van der Waals surface area contributed by atoms with E-state index in [2.05, 4.69) is 10.6 Å².